The Kier molecular flexibility index (Phi) is 8.09. The number of ether oxygens (including phenoxy) is 2. The number of rotatable bonds is 7. The van der Waals surface area contributed by atoms with Gasteiger partial charge in [0, 0.05) is 48.6 Å². The number of nitrogens with zero attached hydrogens (tertiary/aromatic N) is 2. The molecule has 46 heavy (non-hydrogen) atoms. The molecule has 3 atom stereocenters. The Balaban J connectivity index is 1.11. The summed E-state index contributed by atoms with van der Waals surface area (Å²) in [5, 5.41) is 8.90. The number of piperidine rings is 1. The average Bonchev–Trinajstić information content (AvgIpc) is 3.08. The number of amides is 3. The summed E-state index contributed by atoms with van der Waals surface area (Å²) in [6, 6.07) is 25.7. The normalized spacial score (nSPS) is 19.5. The number of urea groups is 1. The van der Waals surface area contributed by atoms with Gasteiger partial charge in [-0.2, -0.15) is 0 Å². The maximum Gasteiger partial charge on any atom is 0.323 e. The smallest absolute Gasteiger partial charge is 0.323 e. The first-order chi connectivity index (χ1) is 22.4. The van der Waals surface area contributed by atoms with Gasteiger partial charge in [0.15, 0.2) is 11.5 Å². The van der Waals surface area contributed by atoms with Gasteiger partial charge < -0.3 is 34.9 Å². The summed E-state index contributed by atoms with van der Waals surface area (Å²) < 4.78 is 13.7. The molecular formula is C36H37N5O5. The Bertz CT molecular complexity index is 1820. The van der Waals surface area contributed by atoms with Crippen molar-refractivity contribution in [2.45, 2.75) is 38.3 Å². The lowest BCUT2D eigenvalue weighted by atomic mass is 9.83. The van der Waals surface area contributed by atoms with Crippen LogP contribution in [-0.4, -0.2) is 48.9 Å². The van der Waals surface area contributed by atoms with Crippen molar-refractivity contribution in [3.8, 4) is 11.5 Å². The van der Waals surface area contributed by atoms with Crippen molar-refractivity contribution in [2.75, 3.05) is 41.8 Å². The van der Waals surface area contributed by atoms with Crippen LogP contribution in [0.15, 0.2) is 89.7 Å². The second-order valence-corrected chi connectivity index (χ2v) is 12.2. The molecule has 3 aromatic carbocycles. The third-order valence-electron chi connectivity index (χ3n) is 9.01. The van der Waals surface area contributed by atoms with Crippen molar-refractivity contribution in [3.05, 3.63) is 112 Å². The van der Waals surface area contributed by atoms with Crippen LogP contribution in [0.25, 0.3) is 0 Å². The van der Waals surface area contributed by atoms with Crippen molar-refractivity contribution in [3.63, 3.8) is 0 Å². The van der Waals surface area contributed by atoms with Gasteiger partial charge in [0.05, 0.1) is 17.9 Å². The SMILES string of the molecule is CCc1ccc(NC(=O)Nc2cc(C(=O)NC[C@@H]3COc4ccccc4O3)ccc2N2C[C@H]3C[C@@H](C2)c2cccc(=O)n2C3)cc1. The van der Waals surface area contributed by atoms with E-state index in [1.807, 2.05) is 71.3 Å². The third kappa shape index (κ3) is 6.15. The number of aromatic nitrogens is 1. The maximum absolute atomic E-state index is 13.4. The molecule has 0 unspecified atom stereocenters. The molecule has 1 aromatic heterocycles. The predicted molar refractivity (Wildman–Crippen MR) is 177 cm³/mol. The summed E-state index contributed by atoms with van der Waals surface area (Å²) in [4.78, 5) is 41.5. The van der Waals surface area contributed by atoms with E-state index in [1.54, 1.807) is 18.2 Å². The highest BCUT2D eigenvalue weighted by Crippen LogP contribution is 2.39. The molecule has 0 saturated carbocycles. The lowest BCUT2D eigenvalue weighted by Gasteiger charge is -2.44. The van der Waals surface area contributed by atoms with Crippen LogP contribution < -0.4 is 35.9 Å². The van der Waals surface area contributed by atoms with E-state index in [2.05, 4.69) is 27.8 Å². The molecule has 10 heteroatoms. The van der Waals surface area contributed by atoms with Crippen LogP contribution in [0.2, 0.25) is 0 Å². The highest BCUT2D eigenvalue weighted by atomic mass is 16.6. The minimum absolute atomic E-state index is 0.0383. The van der Waals surface area contributed by atoms with Crippen LogP contribution in [0.3, 0.4) is 0 Å². The number of fused-ring (bicyclic) bond motifs is 5. The van der Waals surface area contributed by atoms with Gasteiger partial charge in [0.25, 0.3) is 11.5 Å². The van der Waals surface area contributed by atoms with Crippen LogP contribution in [0.4, 0.5) is 21.9 Å². The molecule has 2 bridgehead atoms. The van der Waals surface area contributed by atoms with Crippen molar-refractivity contribution < 1.29 is 19.1 Å². The van der Waals surface area contributed by atoms with E-state index in [0.29, 0.717) is 48.1 Å². The first-order valence-electron chi connectivity index (χ1n) is 15.9. The van der Waals surface area contributed by atoms with E-state index in [0.717, 1.165) is 30.8 Å². The molecule has 4 heterocycles. The third-order valence-corrected chi connectivity index (χ3v) is 9.01. The zero-order chi connectivity index (χ0) is 31.6. The zero-order valence-corrected chi connectivity index (χ0v) is 25.7. The van der Waals surface area contributed by atoms with Gasteiger partial charge in [-0.15, -0.1) is 0 Å². The molecule has 7 rings (SSSR count). The number of anilines is 3. The van der Waals surface area contributed by atoms with Crippen molar-refractivity contribution in [2.24, 2.45) is 5.92 Å². The highest BCUT2D eigenvalue weighted by Gasteiger charge is 2.35. The Hall–Kier alpha value is -5.25. The molecule has 3 N–H and O–H groups in total. The van der Waals surface area contributed by atoms with Gasteiger partial charge in [-0.25, -0.2) is 4.79 Å². The fourth-order valence-corrected chi connectivity index (χ4v) is 6.73. The van der Waals surface area contributed by atoms with E-state index in [9.17, 15) is 14.4 Å². The molecule has 0 spiro atoms. The van der Waals surface area contributed by atoms with Crippen LogP contribution in [-0.2, 0) is 13.0 Å². The van der Waals surface area contributed by atoms with Crippen LogP contribution >= 0.6 is 0 Å². The topological polar surface area (TPSA) is 114 Å². The molecule has 0 aliphatic carbocycles. The first-order valence-corrected chi connectivity index (χ1v) is 15.9. The van der Waals surface area contributed by atoms with E-state index in [1.165, 1.54) is 5.56 Å². The number of pyridine rings is 1. The summed E-state index contributed by atoms with van der Waals surface area (Å²) in [5.41, 5.74) is 4.72. The number of carbonyl (C=O) groups is 2. The first kappa shape index (κ1) is 29.5. The monoisotopic (exact) mass is 619 g/mol. The van der Waals surface area contributed by atoms with Crippen LogP contribution in [0.1, 0.15) is 40.9 Å². The molecule has 3 amide bonds. The summed E-state index contributed by atoms with van der Waals surface area (Å²) in [6.07, 6.45) is 1.59. The second kappa shape index (κ2) is 12.6. The Morgan fingerprint density at radius 3 is 2.54 bits per heavy atom. The second-order valence-electron chi connectivity index (χ2n) is 12.2. The molecule has 3 aliphatic rings. The Labute approximate surface area is 267 Å². The van der Waals surface area contributed by atoms with Crippen LogP contribution in [0, 0.1) is 5.92 Å². The van der Waals surface area contributed by atoms with Gasteiger partial charge in [-0.3, -0.25) is 9.59 Å². The minimum Gasteiger partial charge on any atom is -0.486 e. The lowest BCUT2D eigenvalue weighted by molar-refractivity contribution is 0.0789. The fraction of sp³-hybridized carbons (Fsp3) is 0.306. The maximum atomic E-state index is 13.4. The van der Waals surface area contributed by atoms with E-state index in [4.69, 9.17) is 9.47 Å². The van der Waals surface area contributed by atoms with Gasteiger partial charge in [-0.05, 0) is 72.9 Å². The standard InChI is InChI=1S/C36H37N5O5/c1-2-23-10-13-27(14-11-23)38-36(44)39-29-17-25(35(43)37-18-28-22-45-32-7-3-4-8-33(32)46-28)12-15-31(29)40-19-24-16-26(21-40)30-6-5-9-34(42)41(30)20-24/h3-15,17,24,26,28H,2,16,18-22H2,1H3,(H,37,43)(H2,38,39,44)/t24-,26+,28-/m1/s1. The van der Waals surface area contributed by atoms with Gasteiger partial charge in [0.1, 0.15) is 12.7 Å². The van der Waals surface area contributed by atoms with E-state index < -0.39 is 6.03 Å². The molecule has 236 valence electrons. The van der Waals surface area contributed by atoms with Crippen molar-refractivity contribution in [1.82, 2.24) is 9.88 Å². The molecule has 0 radical (unpaired) electrons. The number of carbonyl (C=O) groups excluding carboxylic acids is 2. The molecule has 1 fully saturated rings. The predicted octanol–water partition coefficient (Wildman–Crippen LogP) is 5.25. The molecular weight excluding hydrogens is 582 g/mol. The number of nitrogens with one attached hydrogen (secondary N) is 3. The Morgan fingerprint density at radius 2 is 1.72 bits per heavy atom. The van der Waals surface area contributed by atoms with E-state index in [-0.39, 0.29) is 36.0 Å². The summed E-state index contributed by atoms with van der Waals surface area (Å²) in [5.74, 6) is 1.53. The summed E-state index contributed by atoms with van der Waals surface area (Å²) in [6.45, 7) is 4.77. The van der Waals surface area contributed by atoms with Crippen LogP contribution in [0.5, 0.6) is 11.5 Å². The number of hydrogen-bond donors (Lipinski definition) is 3. The molecule has 10 nitrogen and oxygen atoms in total. The molecule has 4 aromatic rings. The van der Waals surface area contributed by atoms with Crippen molar-refractivity contribution >= 4 is 29.0 Å². The number of para-hydroxylation sites is 2. The molecule has 1 saturated heterocycles. The Morgan fingerprint density at radius 1 is 0.891 bits per heavy atom. The number of hydrogen-bond acceptors (Lipinski definition) is 6. The summed E-state index contributed by atoms with van der Waals surface area (Å²) in [7, 11) is 0. The fourth-order valence-electron chi connectivity index (χ4n) is 6.73. The largest absolute Gasteiger partial charge is 0.486 e. The minimum atomic E-state index is -0.399. The van der Waals surface area contributed by atoms with Gasteiger partial charge >= 0.3 is 6.03 Å². The quantitative estimate of drug-likeness (QED) is 0.261. The lowest BCUT2D eigenvalue weighted by Crippen LogP contribution is -2.47. The van der Waals surface area contributed by atoms with Gasteiger partial charge in [-0.1, -0.05) is 37.3 Å². The number of benzene rings is 3. The van der Waals surface area contributed by atoms with Gasteiger partial charge in [0.2, 0.25) is 0 Å². The van der Waals surface area contributed by atoms with E-state index >= 15 is 0 Å². The number of aryl methyl sites for hydroxylation is 1. The highest BCUT2D eigenvalue weighted by molar-refractivity contribution is 6.04. The average molecular weight is 620 g/mol. The zero-order valence-electron chi connectivity index (χ0n) is 25.7. The molecule has 3 aliphatic heterocycles. The summed E-state index contributed by atoms with van der Waals surface area (Å²) >= 11 is 0. The van der Waals surface area contributed by atoms with Crippen molar-refractivity contribution in [1.29, 1.82) is 0 Å².